The van der Waals surface area contributed by atoms with Gasteiger partial charge in [0.1, 0.15) is 6.54 Å². The van der Waals surface area contributed by atoms with Gasteiger partial charge in [-0.1, -0.05) is 30.3 Å². The van der Waals surface area contributed by atoms with Crippen molar-refractivity contribution in [3.05, 3.63) is 76.6 Å². The van der Waals surface area contributed by atoms with E-state index in [0.717, 1.165) is 23.8 Å². The monoisotopic (exact) mass is 423 g/mol. The molecule has 0 bridgehead atoms. The van der Waals surface area contributed by atoms with Crippen LogP contribution in [0.3, 0.4) is 0 Å². The molecule has 0 atom stereocenters. The molecule has 4 rings (SSSR count). The minimum atomic E-state index is -3.32. The largest absolute Gasteiger partial charge is 0.311 e. The van der Waals surface area contributed by atoms with Crippen LogP contribution in [0.15, 0.2) is 70.4 Å². The molecule has 2 heterocycles. The van der Waals surface area contributed by atoms with Crippen molar-refractivity contribution in [2.75, 3.05) is 17.7 Å². The Morgan fingerprint density at radius 2 is 1.83 bits per heavy atom. The molecule has 0 spiro atoms. The molecule has 8 heteroatoms. The Morgan fingerprint density at radius 1 is 1.07 bits per heavy atom. The van der Waals surface area contributed by atoms with Gasteiger partial charge in [0.25, 0.3) is 5.56 Å². The van der Waals surface area contributed by atoms with Crippen molar-refractivity contribution in [3.63, 3.8) is 0 Å². The van der Waals surface area contributed by atoms with Gasteiger partial charge in [0.15, 0.2) is 9.84 Å². The Morgan fingerprint density at radius 3 is 2.57 bits per heavy atom. The Kier molecular flexibility index (Phi) is 5.26. The number of hydrogen-bond donors (Lipinski definition) is 0. The Balaban J connectivity index is 1.62. The van der Waals surface area contributed by atoms with Gasteiger partial charge in [-0.25, -0.2) is 13.1 Å². The van der Waals surface area contributed by atoms with E-state index in [1.807, 2.05) is 30.3 Å². The first-order chi connectivity index (χ1) is 14.3. The average Bonchev–Trinajstić information content (AvgIpc) is 2.74. The van der Waals surface area contributed by atoms with Crippen LogP contribution >= 0.6 is 0 Å². The lowest BCUT2D eigenvalue weighted by Gasteiger charge is -2.30. The van der Waals surface area contributed by atoms with Gasteiger partial charge in [-0.2, -0.15) is 5.10 Å². The van der Waals surface area contributed by atoms with Gasteiger partial charge in [0.2, 0.25) is 5.91 Å². The van der Waals surface area contributed by atoms with Crippen molar-refractivity contribution >= 4 is 21.4 Å². The summed E-state index contributed by atoms with van der Waals surface area (Å²) in [6.07, 6.45) is 2.58. The number of benzene rings is 2. The maximum absolute atomic E-state index is 13.0. The lowest BCUT2D eigenvalue weighted by molar-refractivity contribution is -0.119. The number of carbonyl (C=O) groups excluding carboxylic acids is 1. The summed E-state index contributed by atoms with van der Waals surface area (Å²) in [6, 6.07) is 17.3. The SMILES string of the molecule is CS(=O)(=O)c1ccc2c(c1)CCCN2C(=O)Cn1nc(-c2ccccc2)ccc1=O. The third kappa shape index (κ3) is 4.04. The highest BCUT2D eigenvalue weighted by molar-refractivity contribution is 7.90. The molecular formula is C22H21N3O4S. The molecule has 30 heavy (non-hydrogen) atoms. The van der Waals surface area contributed by atoms with Crippen LogP contribution in [0.25, 0.3) is 11.3 Å². The van der Waals surface area contributed by atoms with Crippen LogP contribution in [0.4, 0.5) is 5.69 Å². The van der Waals surface area contributed by atoms with E-state index >= 15 is 0 Å². The Hall–Kier alpha value is -3.26. The fraction of sp³-hybridized carbons (Fsp3) is 0.227. The second-order valence-corrected chi connectivity index (χ2v) is 9.31. The topological polar surface area (TPSA) is 89.3 Å². The third-order valence-electron chi connectivity index (χ3n) is 5.12. The highest BCUT2D eigenvalue weighted by Crippen LogP contribution is 2.29. The van der Waals surface area contributed by atoms with Crippen LogP contribution in [-0.4, -0.2) is 36.9 Å². The molecular weight excluding hydrogens is 402 g/mol. The molecule has 1 aromatic heterocycles. The molecule has 154 valence electrons. The fourth-order valence-corrected chi connectivity index (χ4v) is 4.27. The zero-order valence-corrected chi connectivity index (χ0v) is 17.3. The number of hydrogen-bond acceptors (Lipinski definition) is 5. The molecule has 1 aliphatic heterocycles. The van der Waals surface area contributed by atoms with Crippen LogP contribution in [0.1, 0.15) is 12.0 Å². The Bertz CT molecular complexity index is 1270. The van der Waals surface area contributed by atoms with Crippen molar-refractivity contribution in [2.24, 2.45) is 0 Å². The molecule has 0 radical (unpaired) electrons. The summed E-state index contributed by atoms with van der Waals surface area (Å²) in [5.74, 6) is -0.261. The number of amides is 1. The van der Waals surface area contributed by atoms with E-state index in [1.54, 1.807) is 23.1 Å². The van der Waals surface area contributed by atoms with Crippen LogP contribution < -0.4 is 10.5 Å². The summed E-state index contributed by atoms with van der Waals surface area (Å²) in [4.78, 5) is 27.1. The van der Waals surface area contributed by atoms with Gasteiger partial charge in [-0.05, 0) is 42.7 Å². The van der Waals surface area contributed by atoms with E-state index in [2.05, 4.69) is 5.10 Å². The van der Waals surface area contributed by atoms with E-state index < -0.39 is 9.84 Å². The van der Waals surface area contributed by atoms with Crippen molar-refractivity contribution < 1.29 is 13.2 Å². The van der Waals surface area contributed by atoms with Crippen LogP contribution in [0, 0.1) is 0 Å². The molecule has 7 nitrogen and oxygen atoms in total. The second-order valence-electron chi connectivity index (χ2n) is 7.29. The molecule has 0 saturated carbocycles. The minimum absolute atomic E-state index is 0.188. The van der Waals surface area contributed by atoms with Crippen LogP contribution in [0.5, 0.6) is 0 Å². The lowest BCUT2D eigenvalue weighted by atomic mass is 10.0. The number of aryl methyl sites for hydroxylation is 1. The van der Waals surface area contributed by atoms with Crippen molar-refractivity contribution in [1.82, 2.24) is 9.78 Å². The first kappa shape index (κ1) is 20.0. The molecule has 3 aromatic rings. The van der Waals surface area contributed by atoms with Gasteiger partial charge >= 0.3 is 0 Å². The highest BCUT2D eigenvalue weighted by Gasteiger charge is 2.24. The number of rotatable bonds is 4. The number of nitrogens with zero attached hydrogens (tertiary/aromatic N) is 3. The fourth-order valence-electron chi connectivity index (χ4n) is 3.60. The molecule has 0 saturated heterocycles. The van der Waals surface area contributed by atoms with Gasteiger partial charge < -0.3 is 4.90 Å². The average molecular weight is 423 g/mol. The predicted molar refractivity (Wildman–Crippen MR) is 114 cm³/mol. The van der Waals surface area contributed by atoms with E-state index in [-0.39, 0.29) is 22.9 Å². The zero-order chi connectivity index (χ0) is 21.3. The number of sulfone groups is 1. The number of aromatic nitrogens is 2. The first-order valence-corrected chi connectivity index (χ1v) is 11.5. The van der Waals surface area contributed by atoms with E-state index in [0.29, 0.717) is 24.3 Å². The molecule has 1 aliphatic rings. The van der Waals surface area contributed by atoms with Crippen LogP contribution in [0.2, 0.25) is 0 Å². The standard InChI is InChI=1S/C22H21N3O4S/c1-30(28,29)18-9-11-20-17(14-18)8-5-13-24(20)22(27)15-25-21(26)12-10-19(23-25)16-6-3-2-4-7-16/h2-4,6-7,9-12,14H,5,8,13,15H2,1H3. The maximum Gasteiger partial charge on any atom is 0.267 e. The second kappa shape index (κ2) is 7.87. The summed E-state index contributed by atoms with van der Waals surface area (Å²) >= 11 is 0. The molecule has 1 amide bonds. The normalized spacial score (nSPS) is 13.7. The summed E-state index contributed by atoms with van der Waals surface area (Å²) in [5.41, 5.74) is 2.62. The molecule has 0 unspecified atom stereocenters. The zero-order valence-electron chi connectivity index (χ0n) is 16.5. The lowest BCUT2D eigenvalue weighted by Crippen LogP contribution is -2.40. The predicted octanol–water partition coefficient (Wildman–Crippen LogP) is 2.29. The van der Waals surface area contributed by atoms with Crippen molar-refractivity contribution in [1.29, 1.82) is 0 Å². The van der Waals surface area contributed by atoms with E-state index in [1.165, 1.54) is 16.8 Å². The summed E-state index contributed by atoms with van der Waals surface area (Å²) < 4.78 is 24.8. The molecule has 0 aliphatic carbocycles. The maximum atomic E-state index is 13.0. The number of anilines is 1. The minimum Gasteiger partial charge on any atom is -0.311 e. The quantitative estimate of drug-likeness (QED) is 0.642. The van der Waals surface area contributed by atoms with Gasteiger partial charge in [0, 0.05) is 30.1 Å². The molecule has 0 N–H and O–H groups in total. The Labute approximate surface area is 174 Å². The van der Waals surface area contributed by atoms with Gasteiger partial charge in [0.05, 0.1) is 10.6 Å². The van der Waals surface area contributed by atoms with E-state index in [9.17, 15) is 18.0 Å². The summed E-state index contributed by atoms with van der Waals surface area (Å²) in [6.45, 7) is 0.323. The van der Waals surface area contributed by atoms with E-state index in [4.69, 9.17) is 0 Å². The molecule has 2 aromatic carbocycles. The van der Waals surface area contributed by atoms with Crippen LogP contribution in [-0.2, 0) is 27.6 Å². The molecule has 0 fully saturated rings. The van der Waals surface area contributed by atoms with Gasteiger partial charge in [-0.3, -0.25) is 9.59 Å². The highest BCUT2D eigenvalue weighted by atomic mass is 32.2. The summed E-state index contributed by atoms with van der Waals surface area (Å²) in [7, 11) is -3.32. The third-order valence-corrected chi connectivity index (χ3v) is 6.23. The van der Waals surface area contributed by atoms with Crippen molar-refractivity contribution in [3.8, 4) is 11.3 Å². The van der Waals surface area contributed by atoms with Gasteiger partial charge in [-0.15, -0.1) is 0 Å². The first-order valence-electron chi connectivity index (χ1n) is 9.60. The van der Waals surface area contributed by atoms with Crippen molar-refractivity contribution in [2.45, 2.75) is 24.3 Å². The smallest absolute Gasteiger partial charge is 0.267 e. The number of carbonyl (C=O) groups is 1. The summed E-state index contributed by atoms with van der Waals surface area (Å²) in [5, 5.41) is 4.36. The number of fused-ring (bicyclic) bond motifs is 1.